The topological polar surface area (TPSA) is 110 Å². The molecular weight excluding hydrogens is 384 g/mol. The number of carboxylic acid groups (broad SMARTS) is 1. The van der Waals surface area contributed by atoms with E-state index < -0.39 is 34.5 Å². The van der Waals surface area contributed by atoms with Crippen molar-refractivity contribution in [2.24, 2.45) is 5.92 Å². The van der Waals surface area contributed by atoms with Crippen molar-refractivity contribution in [1.29, 1.82) is 0 Å². The molecule has 0 aliphatic carbocycles. The molecule has 1 aliphatic rings. The van der Waals surface area contributed by atoms with Gasteiger partial charge in [0, 0.05) is 28.8 Å². The highest BCUT2D eigenvalue weighted by Gasteiger charge is 2.45. The molecule has 1 aromatic carbocycles. The van der Waals surface area contributed by atoms with E-state index in [0.717, 1.165) is 4.90 Å². The van der Waals surface area contributed by atoms with E-state index >= 15 is 0 Å². The molecule has 28 heavy (non-hydrogen) atoms. The summed E-state index contributed by atoms with van der Waals surface area (Å²) >= 11 is 1.48. The van der Waals surface area contributed by atoms with E-state index in [2.05, 4.69) is 0 Å². The van der Waals surface area contributed by atoms with Gasteiger partial charge < -0.3 is 14.7 Å². The quantitative estimate of drug-likeness (QED) is 0.433. The minimum Gasteiger partial charge on any atom is -0.481 e. The van der Waals surface area contributed by atoms with Crippen LogP contribution in [0.25, 0.3) is 0 Å². The van der Waals surface area contributed by atoms with Crippen LogP contribution < -0.4 is 0 Å². The highest BCUT2D eigenvalue weighted by atomic mass is 32.2. The summed E-state index contributed by atoms with van der Waals surface area (Å²) in [5.41, 5.74) is -0.395. The Kier molecular flexibility index (Phi) is 6.59. The third kappa shape index (κ3) is 5.15. The number of thioether (sulfide) groups is 1. The van der Waals surface area contributed by atoms with Crippen molar-refractivity contribution in [3.8, 4) is 0 Å². The van der Waals surface area contributed by atoms with Crippen LogP contribution >= 0.6 is 11.8 Å². The van der Waals surface area contributed by atoms with Crippen LogP contribution in [-0.2, 0) is 9.53 Å². The standard InChI is InChI=1S/C19H26N2O6S/c1-11(2)28-15-7-6-12(21(25)26)10-14(15)16-13(17(22)23)8-9-20(16)18(24)27-19(3,4)5/h6-7,10-11,13,16H,8-9H2,1-5H3,(H,22,23)/t13-,16-/m1/s1. The van der Waals surface area contributed by atoms with Gasteiger partial charge in [0.2, 0.25) is 0 Å². The van der Waals surface area contributed by atoms with Crippen LogP contribution in [0.5, 0.6) is 0 Å². The fourth-order valence-corrected chi connectivity index (χ4v) is 4.17. The number of ether oxygens (including phenoxy) is 1. The Balaban J connectivity index is 2.56. The number of likely N-dealkylation sites (tertiary alicyclic amines) is 1. The minimum absolute atomic E-state index is 0.136. The number of carbonyl (C=O) groups excluding carboxylic acids is 1. The molecule has 1 fully saturated rings. The highest BCUT2D eigenvalue weighted by molar-refractivity contribution is 8.00. The number of carbonyl (C=O) groups is 2. The third-order valence-corrected chi connectivity index (χ3v) is 5.33. The van der Waals surface area contributed by atoms with Gasteiger partial charge in [-0.25, -0.2) is 4.79 Å². The Morgan fingerprint density at radius 1 is 1.36 bits per heavy atom. The lowest BCUT2D eigenvalue weighted by Crippen LogP contribution is -2.38. The Morgan fingerprint density at radius 2 is 2.00 bits per heavy atom. The van der Waals surface area contributed by atoms with E-state index in [9.17, 15) is 24.8 Å². The van der Waals surface area contributed by atoms with Crippen molar-refractivity contribution in [3.63, 3.8) is 0 Å². The molecule has 0 aromatic heterocycles. The smallest absolute Gasteiger partial charge is 0.410 e. The third-order valence-electron chi connectivity index (χ3n) is 4.23. The molecule has 0 bridgehead atoms. The summed E-state index contributed by atoms with van der Waals surface area (Å²) in [5.74, 6) is -1.90. The summed E-state index contributed by atoms with van der Waals surface area (Å²) in [5, 5.41) is 21.2. The van der Waals surface area contributed by atoms with Crippen molar-refractivity contribution in [2.75, 3.05) is 6.54 Å². The first-order valence-electron chi connectivity index (χ1n) is 9.08. The predicted octanol–water partition coefficient (Wildman–Crippen LogP) is 4.48. The number of nitro groups is 1. The van der Waals surface area contributed by atoms with Gasteiger partial charge >= 0.3 is 12.1 Å². The van der Waals surface area contributed by atoms with Gasteiger partial charge in [0.25, 0.3) is 5.69 Å². The summed E-state index contributed by atoms with van der Waals surface area (Å²) in [6.07, 6.45) is -0.360. The monoisotopic (exact) mass is 410 g/mol. The second kappa shape index (κ2) is 8.38. The van der Waals surface area contributed by atoms with Gasteiger partial charge in [0.05, 0.1) is 16.9 Å². The Morgan fingerprint density at radius 3 is 2.50 bits per heavy atom. The molecule has 1 saturated heterocycles. The first kappa shape index (κ1) is 22.0. The molecular formula is C19H26N2O6S. The van der Waals surface area contributed by atoms with Crippen LogP contribution in [0, 0.1) is 16.0 Å². The van der Waals surface area contributed by atoms with Crippen molar-refractivity contribution >= 4 is 29.5 Å². The Bertz CT molecular complexity index is 774. The number of nitrogens with zero attached hydrogens (tertiary/aromatic N) is 2. The second-order valence-electron chi connectivity index (χ2n) is 8.00. The number of hydrogen-bond donors (Lipinski definition) is 1. The number of rotatable bonds is 5. The van der Waals surface area contributed by atoms with Gasteiger partial charge in [-0.3, -0.25) is 14.9 Å². The maximum absolute atomic E-state index is 12.7. The molecule has 9 heteroatoms. The van der Waals surface area contributed by atoms with E-state index in [1.807, 2.05) is 13.8 Å². The van der Waals surface area contributed by atoms with Crippen molar-refractivity contribution in [3.05, 3.63) is 33.9 Å². The molecule has 1 amide bonds. The average molecular weight is 410 g/mol. The Hall–Kier alpha value is -2.29. The number of carboxylic acids is 1. The number of aliphatic carboxylic acids is 1. The Labute approximate surface area is 168 Å². The van der Waals surface area contributed by atoms with Gasteiger partial charge in [-0.15, -0.1) is 11.8 Å². The average Bonchev–Trinajstić information content (AvgIpc) is 2.98. The van der Waals surface area contributed by atoms with E-state index in [-0.39, 0.29) is 23.9 Å². The van der Waals surface area contributed by atoms with Gasteiger partial charge in [-0.2, -0.15) is 0 Å². The number of non-ortho nitro benzene ring substituents is 1. The van der Waals surface area contributed by atoms with Gasteiger partial charge in [0.1, 0.15) is 5.60 Å². The van der Waals surface area contributed by atoms with Crippen molar-refractivity contribution in [2.45, 2.75) is 62.8 Å². The molecule has 0 radical (unpaired) electrons. The SMILES string of the molecule is CC(C)Sc1ccc([N+](=O)[O-])cc1[C@H]1[C@H](C(=O)O)CCN1C(=O)OC(C)(C)C. The van der Waals surface area contributed by atoms with Gasteiger partial charge in [-0.1, -0.05) is 13.8 Å². The fourth-order valence-electron chi connectivity index (χ4n) is 3.20. The lowest BCUT2D eigenvalue weighted by atomic mass is 9.93. The van der Waals surface area contributed by atoms with Crippen molar-refractivity contribution < 1.29 is 24.4 Å². The van der Waals surface area contributed by atoms with E-state index in [1.165, 1.54) is 28.8 Å². The maximum atomic E-state index is 12.7. The zero-order valence-electron chi connectivity index (χ0n) is 16.7. The lowest BCUT2D eigenvalue weighted by Gasteiger charge is -2.31. The first-order valence-corrected chi connectivity index (χ1v) is 9.96. The summed E-state index contributed by atoms with van der Waals surface area (Å²) < 4.78 is 5.45. The van der Waals surface area contributed by atoms with Crippen LogP contribution in [0.3, 0.4) is 0 Å². The van der Waals surface area contributed by atoms with Crippen LogP contribution in [-0.4, -0.2) is 44.4 Å². The zero-order valence-corrected chi connectivity index (χ0v) is 17.5. The summed E-state index contributed by atoms with van der Waals surface area (Å²) in [6, 6.07) is 3.58. The lowest BCUT2D eigenvalue weighted by molar-refractivity contribution is -0.385. The fraction of sp³-hybridized carbons (Fsp3) is 0.579. The molecule has 1 aromatic rings. The number of nitro benzene ring substituents is 1. The summed E-state index contributed by atoms with van der Waals surface area (Å²) in [4.78, 5) is 37.5. The molecule has 154 valence electrons. The molecule has 1 N–H and O–H groups in total. The van der Waals surface area contributed by atoms with Crippen LogP contribution in [0.2, 0.25) is 0 Å². The maximum Gasteiger partial charge on any atom is 0.410 e. The van der Waals surface area contributed by atoms with Crippen LogP contribution in [0.4, 0.5) is 10.5 Å². The predicted molar refractivity (Wildman–Crippen MR) is 106 cm³/mol. The van der Waals surface area contributed by atoms with Gasteiger partial charge in [0.15, 0.2) is 0 Å². The largest absolute Gasteiger partial charge is 0.481 e. The van der Waals surface area contributed by atoms with E-state index in [1.54, 1.807) is 26.8 Å². The minimum atomic E-state index is -1.04. The number of benzene rings is 1. The first-order chi connectivity index (χ1) is 12.9. The normalized spacial score (nSPS) is 19.7. The summed E-state index contributed by atoms with van der Waals surface area (Å²) in [6.45, 7) is 9.37. The molecule has 8 nitrogen and oxygen atoms in total. The van der Waals surface area contributed by atoms with E-state index in [0.29, 0.717) is 5.56 Å². The molecule has 0 spiro atoms. The number of amides is 1. The second-order valence-corrected chi connectivity index (χ2v) is 9.62. The molecule has 1 aliphatic heterocycles. The molecule has 0 unspecified atom stereocenters. The molecule has 1 heterocycles. The number of hydrogen-bond acceptors (Lipinski definition) is 6. The molecule has 2 rings (SSSR count). The highest BCUT2D eigenvalue weighted by Crippen LogP contribution is 2.44. The zero-order chi connectivity index (χ0) is 21.2. The van der Waals surface area contributed by atoms with Gasteiger partial charge in [-0.05, 0) is 38.8 Å². The van der Waals surface area contributed by atoms with Crippen molar-refractivity contribution in [1.82, 2.24) is 4.90 Å². The molecule has 0 saturated carbocycles. The van der Waals surface area contributed by atoms with E-state index in [4.69, 9.17) is 4.74 Å². The summed E-state index contributed by atoms with van der Waals surface area (Å²) in [7, 11) is 0. The van der Waals surface area contributed by atoms with Crippen LogP contribution in [0.15, 0.2) is 23.1 Å². The van der Waals surface area contributed by atoms with Crippen LogP contribution in [0.1, 0.15) is 52.6 Å². The molecule has 2 atom stereocenters.